The van der Waals surface area contributed by atoms with Crippen LogP contribution in [0.5, 0.6) is 5.75 Å². The highest BCUT2D eigenvalue weighted by atomic mass is 16.5. The van der Waals surface area contributed by atoms with Gasteiger partial charge in [-0.15, -0.1) is 0 Å². The van der Waals surface area contributed by atoms with Gasteiger partial charge in [-0.3, -0.25) is 4.98 Å². The zero-order valence-electron chi connectivity index (χ0n) is 14.2. The molecule has 1 aromatic carbocycles. The lowest BCUT2D eigenvalue weighted by Gasteiger charge is -2.24. The first-order chi connectivity index (χ1) is 11.4. The highest BCUT2D eigenvalue weighted by Crippen LogP contribution is 2.30. The van der Waals surface area contributed by atoms with Gasteiger partial charge in [0.05, 0.1) is 29.9 Å². The molecule has 0 saturated carbocycles. The second kappa shape index (κ2) is 7.14. The number of methoxy groups -OCH3 is 1. The largest absolute Gasteiger partial charge is 0.496 e. The van der Waals surface area contributed by atoms with E-state index in [4.69, 9.17) is 14.7 Å². The number of carbonyl (C=O) groups is 1. The molecule has 0 aliphatic heterocycles. The Morgan fingerprint density at radius 2 is 2.04 bits per heavy atom. The van der Waals surface area contributed by atoms with Crippen molar-refractivity contribution >= 4 is 5.97 Å². The molecule has 2 aromatic rings. The molecule has 0 spiro atoms. The van der Waals surface area contributed by atoms with Crippen LogP contribution in [0.2, 0.25) is 0 Å². The van der Waals surface area contributed by atoms with Gasteiger partial charge >= 0.3 is 5.97 Å². The highest BCUT2D eigenvalue weighted by molar-refractivity contribution is 5.92. The zero-order valence-corrected chi connectivity index (χ0v) is 14.2. The molecule has 2 rings (SSSR count). The number of pyridine rings is 1. The first kappa shape index (κ1) is 17.5. The third-order valence-electron chi connectivity index (χ3n) is 3.96. The van der Waals surface area contributed by atoms with Crippen LogP contribution >= 0.6 is 0 Å². The van der Waals surface area contributed by atoms with Crippen molar-refractivity contribution in [3.63, 3.8) is 0 Å². The normalized spacial score (nSPS) is 12.1. The highest BCUT2D eigenvalue weighted by Gasteiger charge is 2.29. The summed E-state index contributed by atoms with van der Waals surface area (Å²) in [5.41, 5.74) is 1.04. The monoisotopic (exact) mass is 324 g/mol. The topological polar surface area (TPSA) is 72.2 Å². The second-order valence-corrected chi connectivity index (χ2v) is 6.01. The van der Waals surface area contributed by atoms with Crippen molar-refractivity contribution < 1.29 is 14.3 Å². The first-order valence-electron chi connectivity index (χ1n) is 7.60. The first-order valence-corrected chi connectivity index (χ1v) is 7.60. The van der Waals surface area contributed by atoms with Gasteiger partial charge in [-0.1, -0.05) is 6.07 Å². The molecule has 0 N–H and O–H groups in total. The molecule has 0 unspecified atom stereocenters. The molecule has 0 aliphatic rings. The van der Waals surface area contributed by atoms with Crippen LogP contribution in [0.4, 0.5) is 0 Å². The van der Waals surface area contributed by atoms with Crippen LogP contribution in [0.15, 0.2) is 42.6 Å². The summed E-state index contributed by atoms with van der Waals surface area (Å²) in [4.78, 5) is 16.7. The number of carbonyl (C=O) groups excluding carboxylic acids is 1. The predicted octanol–water partition coefficient (Wildman–Crippen LogP) is 3.85. The molecule has 0 saturated heterocycles. The predicted molar refractivity (Wildman–Crippen MR) is 90.5 cm³/mol. The minimum Gasteiger partial charge on any atom is -0.496 e. The van der Waals surface area contributed by atoms with Crippen molar-refractivity contribution in [2.75, 3.05) is 7.11 Å². The van der Waals surface area contributed by atoms with E-state index in [9.17, 15) is 4.79 Å². The van der Waals surface area contributed by atoms with Gasteiger partial charge in [0.1, 0.15) is 11.9 Å². The van der Waals surface area contributed by atoms with E-state index < -0.39 is 17.5 Å². The number of benzene rings is 1. The lowest BCUT2D eigenvalue weighted by molar-refractivity contribution is 0.0129. The molecular formula is C19H20N2O3. The Kier molecular flexibility index (Phi) is 5.20. The van der Waals surface area contributed by atoms with E-state index in [0.717, 1.165) is 0 Å². The zero-order chi connectivity index (χ0) is 17.7. The molecule has 1 heterocycles. The van der Waals surface area contributed by atoms with E-state index in [2.05, 4.69) is 11.1 Å². The van der Waals surface area contributed by atoms with Crippen LogP contribution in [0.1, 0.15) is 31.1 Å². The average molecular weight is 324 g/mol. The Hall–Kier alpha value is -2.87. The maximum Gasteiger partial charge on any atom is 0.338 e. The van der Waals surface area contributed by atoms with Crippen LogP contribution in [-0.2, 0) is 4.74 Å². The molecule has 0 radical (unpaired) electrons. The average Bonchev–Trinajstić information content (AvgIpc) is 2.61. The molecule has 0 amide bonds. The maximum absolute atomic E-state index is 12.4. The van der Waals surface area contributed by atoms with Crippen molar-refractivity contribution in [1.29, 1.82) is 5.26 Å². The van der Waals surface area contributed by atoms with Crippen LogP contribution in [0, 0.1) is 16.7 Å². The minimum absolute atomic E-state index is 0.386. The summed E-state index contributed by atoms with van der Waals surface area (Å²) >= 11 is 0. The minimum atomic E-state index is -0.758. The van der Waals surface area contributed by atoms with Crippen molar-refractivity contribution in [2.45, 2.75) is 26.9 Å². The Morgan fingerprint density at radius 3 is 2.62 bits per heavy atom. The summed E-state index contributed by atoms with van der Waals surface area (Å²) in [7, 11) is 1.57. The fraction of sp³-hybridized carbons (Fsp3) is 0.316. The number of nitrogens with zero attached hydrogens (tertiary/aromatic N) is 2. The summed E-state index contributed by atoms with van der Waals surface area (Å²) in [5, 5.41) is 9.14. The third-order valence-corrected chi connectivity index (χ3v) is 3.96. The quantitative estimate of drug-likeness (QED) is 0.781. The Balaban J connectivity index is 2.32. The van der Waals surface area contributed by atoms with Gasteiger partial charge < -0.3 is 9.47 Å². The van der Waals surface area contributed by atoms with Crippen LogP contribution in [0.25, 0.3) is 11.3 Å². The van der Waals surface area contributed by atoms with Gasteiger partial charge in [-0.2, -0.15) is 5.26 Å². The Morgan fingerprint density at radius 1 is 1.29 bits per heavy atom. The summed E-state index contributed by atoms with van der Waals surface area (Å²) < 4.78 is 10.8. The van der Waals surface area contributed by atoms with Gasteiger partial charge in [0, 0.05) is 11.8 Å². The summed E-state index contributed by atoms with van der Waals surface area (Å²) in [6.45, 7) is 5.18. The summed E-state index contributed by atoms with van der Waals surface area (Å²) in [6, 6.07) is 12.7. The summed E-state index contributed by atoms with van der Waals surface area (Å²) in [5.74, 6) is 0.140. The Labute approximate surface area is 141 Å². The molecule has 5 heteroatoms. The van der Waals surface area contributed by atoms with Gasteiger partial charge in [0.25, 0.3) is 0 Å². The van der Waals surface area contributed by atoms with E-state index in [1.54, 1.807) is 52.3 Å². The van der Waals surface area contributed by atoms with Crippen molar-refractivity contribution in [3.8, 4) is 23.1 Å². The Bertz CT molecular complexity index is 764. The van der Waals surface area contributed by atoms with Crippen molar-refractivity contribution in [3.05, 3.63) is 48.2 Å². The fourth-order valence-electron chi connectivity index (χ4n) is 2.02. The number of nitriles is 1. The number of ether oxygens (including phenoxy) is 2. The molecule has 5 nitrogen and oxygen atoms in total. The number of esters is 1. The van der Waals surface area contributed by atoms with Crippen LogP contribution in [-0.4, -0.2) is 24.2 Å². The molecule has 0 aliphatic carbocycles. The van der Waals surface area contributed by atoms with E-state index in [-0.39, 0.29) is 0 Å². The van der Waals surface area contributed by atoms with Crippen molar-refractivity contribution in [1.82, 2.24) is 4.98 Å². The number of hydrogen-bond donors (Lipinski definition) is 0. The lowest BCUT2D eigenvalue weighted by Crippen LogP contribution is -2.30. The standard InChI is InChI=1S/C19H20N2O3/c1-13(19(2,3)12-20)24-18(22)14-8-9-17(23-4)15(11-14)16-7-5-6-10-21-16/h5-11,13H,1-4H3/t13-/m0/s1. The molecule has 0 fully saturated rings. The molecular weight excluding hydrogens is 304 g/mol. The van der Waals surface area contributed by atoms with Crippen LogP contribution in [0.3, 0.4) is 0 Å². The van der Waals surface area contributed by atoms with E-state index in [1.807, 2.05) is 18.2 Å². The molecule has 1 aromatic heterocycles. The number of hydrogen-bond acceptors (Lipinski definition) is 5. The second-order valence-electron chi connectivity index (χ2n) is 6.01. The van der Waals surface area contributed by atoms with Gasteiger partial charge in [-0.05, 0) is 51.1 Å². The molecule has 24 heavy (non-hydrogen) atoms. The number of rotatable bonds is 5. The molecule has 0 bridgehead atoms. The summed E-state index contributed by atoms with van der Waals surface area (Å²) in [6.07, 6.45) is 1.15. The van der Waals surface area contributed by atoms with E-state index in [1.165, 1.54) is 0 Å². The van der Waals surface area contributed by atoms with Gasteiger partial charge in [0.2, 0.25) is 0 Å². The SMILES string of the molecule is COc1ccc(C(=O)O[C@@H](C)C(C)(C)C#N)cc1-c1ccccn1. The van der Waals surface area contributed by atoms with Gasteiger partial charge in [-0.25, -0.2) is 4.79 Å². The molecule has 124 valence electrons. The number of aromatic nitrogens is 1. The van der Waals surface area contributed by atoms with E-state index in [0.29, 0.717) is 22.6 Å². The fourth-order valence-corrected chi connectivity index (χ4v) is 2.02. The van der Waals surface area contributed by atoms with Crippen LogP contribution < -0.4 is 4.74 Å². The molecule has 1 atom stereocenters. The smallest absolute Gasteiger partial charge is 0.338 e. The third kappa shape index (κ3) is 3.72. The van der Waals surface area contributed by atoms with Gasteiger partial charge in [0.15, 0.2) is 0 Å². The van der Waals surface area contributed by atoms with Crippen molar-refractivity contribution in [2.24, 2.45) is 5.41 Å². The van der Waals surface area contributed by atoms with E-state index >= 15 is 0 Å². The maximum atomic E-state index is 12.4. The lowest BCUT2D eigenvalue weighted by atomic mass is 9.89.